The van der Waals surface area contributed by atoms with Gasteiger partial charge in [0.1, 0.15) is 0 Å². The van der Waals surface area contributed by atoms with Crippen LogP contribution < -0.4 is 5.32 Å². The van der Waals surface area contributed by atoms with Gasteiger partial charge in [-0.1, -0.05) is 66.7 Å². The van der Waals surface area contributed by atoms with Crippen LogP contribution in [0.15, 0.2) is 83.6 Å². The first-order valence-corrected chi connectivity index (χ1v) is 13.3. The van der Waals surface area contributed by atoms with Crippen molar-refractivity contribution in [1.29, 1.82) is 0 Å². The number of nitrogens with one attached hydrogen (secondary N) is 1. The molecule has 8 heteroatoms. The second-order valence-electron chi connectivity index (χ2n) is 8.39. The van der Waals surface area contributed by atoms with E-state index in [2.05, 4.69) is 63.7 Å². The first-order chi connectivity index (χ1) is 17.2. The van der Waals surface area contributed by atoms with Crippen molar-refractivity contribution in [3.63, 3.8) is 0 Å². The Morgan fingerprint density at radius 3 is 2.11 bits per heavy atom. The fraction of sp³-hybridized carbons (Fsp3) is 0.222. The number of hydrogen-bond donors (Lipinski definition) is 1. The lowest BCUT2D eigenvalue weighted by Crippen LogP contribution is -2.50. The third kappa shape index (κ3) is 5.67. The Hall–Kier alpha value is -3.33. The summed E-state index contributed by atoms with van der Waals surface area (Å²) in [5.74, 6) is -0.100. The van der Waals surface area contributed by atoms with Gasteiger partial charge in [0.05, 0.1) is 23.0 Å². The smallest absolute Gasteiger partial charge is 0.267 e. The average Bonchev–Trinajstić information content (AvgIpc) is 3.59. The lowest BCUT2D eigenvalue weighted by Gasteiger charge is -2.39. The summed E-state index contributed by atoms with van der Waals surface area (Å²) >= 11 is 2.73. The third-order valence-electron chi connectivity index (χ3n) is 6.11. The first kappa shape index (κ1) is 23.4. The van der Waals surface area contributed by atoms with Crippen molar-refractivity contribution >= 4 is 39.6 Å². The highest BCUT2D eigenvalue weighted by molar-refractivity contribution is 7.14. The summed E-state index contributed by atoms with van der Waals surface area (Å²) in [5, 5.41) is 7.04. The second kappa shape index (κ2) is 10.9. The van der Waals surface area contributed by atoms with Crippen molar-refractivity contribution in [2.45, 2.75) is 12.5 Å². The molecular weight excluding hydrogens is 476 g/mol. The van der Waals surface area contributed by atoms with Crippen molar-refractivity contribution in [3.8, 4) is 0 Å². The predicted molar refractivity (Wildman–Crippen MR) is 141 cm³/mol. The molecule has 3 heterocycles. The molecule has 0 saturated carbocycles. The lowest BCUT2D eigenvalue weighted by molar-refractivity contribution is -0.132. The summed E-state index contributed by atoms with van der Waals surface area (Å²) in [6.07, 6.45) is 0.242. The minimum atomic E-state index is -0.172. The van der Waals surface area contributed by atoms with Crippen LogP contribution in [0.3, 0.4) is 0 Å². The fourth-order valence-electron chi connectivity index (χ4n) is 4.39. The number of benzene rings is 2. The Morgan fingerprint density at radius 2 is 1.51 bits per heavy atom. The largest absolute Gasteiger partial charge is 0.340 e. The summed E-state index contributed by atoms with van der Waals surface area (Å²) in [6, 6.07) is 24.9. The quantitative estimate of drug-likeness (QED) is 0.389. The minimum absolute atomic E-state index is 0.0713. The second-order valence-corrected chi connectivity index (χ2v) is 10.2. The molecule has 5 rings (SSSR count). The molecule has 2 amide bonds. The zero-order chi connectivity index (χ0) is 24.0. The normalized spacial score (nSPS) is 14.3. The van der Waals surface area contributed by atoms with Crippen LogP contribution in [0.1, 0.15) is 32.5 Å². The molecule has 1 saturated heterocycles. The average molecular weight is 503 g/mol. The predicted octanol–water partition coefficient (Wildman–Crippen LogP) is 4.93. The van der Waals surface area contributed by atoms with Crippen LogP contribution in [0.5, 0.6) is 0 Å². The van der Waals surface area contributed by atoms with Gasteiger partial charge < -0.3 is 4.90 Å². The SMILES string of the molecule is O=C(Nc1nc(CC(=O)N2CCN(C(c3ccccc3)c3ccccc3)CC2)cs1)c1cccs1. The number of rotatable bonds is 7. The van der Waals surface area contributed by atoms with E-state index < -0.39 is 0 Å². The number of piperazine rings is 1. The zero-order valence-electron chi connectivity index (χ0n) is 19.2. The standard InChI is InChI=1S/C27H26N4O2S2/c32-24(18-22-19-35-27(28-22)29-26(33)23-12-7-17-34-23)30-13-15-31(16-14-30)25(20-8-3-1-4-9-20)21-10-5-2-6-11-21/h1-12,17,19,25H,13-16,18H2,(H,28,29,33). The molecule has 6 nitrogen and oxygen atoms in total. The molecule has 178 valence electrons. The van der Waals surface area contributed by atoms with Crippen molar-refractivity contribution < 1.29 is 9.59 Å². The van der Waals surface area contributed by atoms with Gasteiger partial charge >= 0.3 is 0 Å². The van der Waals surface area contributed by atoms with Crippen molar-refractivity contribution in [2.24, 2.45) is 0 Å². The topological polar surface area (TPSA) is 65.5 Å². The molecule has 4 aromatic rings. The van der Waals surface area contributed by atoms with Crippen molar-refractivity contribution in [3.05, 3.63) is 105 Å². The molecular formula is C27H26N4O2S2. The van der Waals surface area contributed by atoms with Crippen LogP contribution in [0.4, 0.5) is 5.13 Å². The van der Waals surface area contributed by atoms with Crippen LogP contribution >= 0.6 is 22.7 Å². The molecule has 1 aliphatic heterocycles. The van der Waals surface area contributed by atoms with E-state index >= 15 is 0 Å². The van der Waals surface area contributed by atoms with Gasteiger partial charge in [0.25, 0.3) is 5.91 Å². The number of amides is 2. The van der Waals surface area contributed by atoms with Crippen LogP contribution in [0.25, 0.3) is 0 Å². The van der Waals surface area contributed by atoms with E-state index in [0.29, 0.717) is 28.8 Å². The number of thiazole rings is 1. The van der Waals surface area contributed by atoms with Gasteiger partial charge in [0.2, 0.25) is 5.91 Å². The van der Waals surface area contributed by atoms with Gasteiger partial charge in [-0.25, -0.2) is 4.98 Å². The highest BCUT2D eigenvalue weighted by atomic mass is 32.1. The number of carbonyl (C=O) groups excluding carboxylic acids is 2. The highest BCUT2D eigenvalue weighted by Gasteiger charge is 2.28. The molecule has 0 radical (unpaired) electrons. The number of hydrogen-bond acceptors (Lipinski definition) is 6. The van der Waals surface area contributed by atoms with Gasteiger partial charge in [-0.3, -0.25) is 19.8 Å². The van der Waals surface area contributed by atoms with Gasteiger partial charge in [-0.2, -0.15) is 0 Å². The molecule has 0 spiro atoms. The molecule has 1 N–H and O–H groups in total. The molecule has 35 heavy (non-hydrogen) atoms. The third-order valence-corrected chi connectivity index (χ3v) is 7.79. The Balaban J connectivity index is 1.19. The molecule has 1 fully saturated rings. The van der Waals surface area contributed by atoms with Crippen LogP contribution in [-0.4, -0.2) is 52.8 Å². The summed E-state index contributed by atoms with van der Waals surface area (Å²) in [5.41, 5.74) is 3.21. The summed E-state index contributed by atoms with van der Waals surface area (Å²) < 4.78 is 0. The molecule has 0 aliphatic carbocycles. The monoisotopic (exact) mass is 502 g/mol. The van der Waals surface area contributed by atoms with Gasteiger partial charge in [-0.05, 0) is 22.6 Å². The number of aromatic nitrogens is 1. The summed E-state index contributed by atoms with van der Waals surface area (Å²) in [6.45, 7) is 2.97. The van der Waals surface area contributed by atoms with E-state index in [4.69, 9.17) is 0 Å². The number of carbonyl (C=O) groups is 2. The zero-order valence-corrected chi connectivity index (χ0v) is 20.8. The van der Waals surface area contributed by atoms with E-state index in [-0.39, 0.29) is 24.3 Å². The summed E-state index contributed by atoms with van der Waals surface area (Å²) in [7, 11) is 0. The summed E-state index contributed by atoms with van der Waals surface area (Å²) in [4.78, 5) is 34.7. The van der Waals surface area contributed by atoms with Crippen LogP contribution in [-0.2, 0) is 11.2 Å². The molecule has 0 atom stereocenters. The van der Waals surface area contributed by atoms with Crippen molar-refractivity contribution in [1.82, 2.24) is 14.8 Å². The Labute approximate surface area is 212 Å². The van der Waals surface area contributed by atoms with Gasteiger partial charge in [-0.15, -0.1) is 22.7 Å². The van der Waals surface area contributed by atoms with Gasteiger partial charge in [0.15, 0.2) is 5.13 Å². The van der Waals surface area contributed by atoms with E-state index in [1.165, 1.54) is 33.8 Å². The van der Waals surface area contributed by atoms with E-state index in [1.807, 2.05) is 33.9 Å². The van der Waals surface area contributed by atoms with E-state index in [9.17, 15) is 9.59 Å². The molecule has 0 unspecified atom stereocenters. The van der Waals surface area contributed by atoms with Crippen LogP contribution in [0, 0.1) is 0 Å². The first-order valence-electron chi connectivity index (χ1n) is 11.6. The maximum Gasteiger partial charge on any atom is 0.267 e. The van der Waals surface area contributed by atoms with Gasteiger partial charge in [0, 0.05) is 31.6 Å². The fourth-order valence-corrected chi connectivity index (χ4v) is 5.72. The lowest BCUT2D eigenvalue weighted by atomic mass is 9.96. The molecule has 2 aromatic heterocycles. The van der Waals surface area contributed by atoms with E-state index in [1.54, 1.807) is 6.07 Å². The molecule has 0 bridgehead atoms. The van der Waals surface area contributed by atoms with Crippen LogP contribution in [0.2, 0.25) is 0 Å². The maximum absolute atomic E-state index is 13.0. The highest BCUT2D eigenvalue weighted by Crippen LogP contribution is 2.29. The Bertz CT molecular complexity index is 1210. The maximum atomic E-state index is 13.0. The minimum Gasteiger partial charge on any atom is -0.340 e. The Kier molecular flexibility index (Phi) is 7.32. The molecule has 1 aliphatic rings. The molecule has 2 aromatic carbocycles. The number of thiophene rings is 1. The number of anilines is 1. The van der Waals surface area contributed by atoms with Crippen molar-refractivity contribution in [2.75, 3.05) is 31.5 Å². The van der Waals surface area contributed by atoms with E-state index in [0.717, 1.165) is 13.1 Å². The number of nitrogens with zero attached hydrogens (tertiary/aromatic N) is 3. The Morgan fingerprint density at radius 1 is 0.857 bits per heavy atom.